The van der Waals surface area contributed by atoms with Crippen LogP contribution in [0.15, 0.2) is 70.9 Å². The van der Waals surface area contributed by atoms with Gasteiger partial charge in [-0.15, -0.1) is 10.2 Å². The molecule has 4 aromatic rings. The van der Waals surface area contributed by atoms with E-state index >= 15 is 0 Å². The zero-order chi connectivity index (χ0) is 27.8. The first-order valence-corrected chi connectivity index (χ1v) is 12.9. The van der Waals surface area contributed by atoms with Gasteiger partial charge in [0.05, 0.1) is 40.4 Å². The van der Waals surface area contributed by atoms with Crippen LogP contribution in [0.2, 0.25) is 5.02 Å². The molecule has 0 fully saturated rings. The second-order valence-corrected chi connectivity index (χ2v) is 9.27. The molecule has 12 heteroatoms. The molecule has 39 heavy (non-hydrogen) atoms. The predicted molar refractivity (Wildman–Crippen MR) is 151 cm³/mol. The lowest BCUT2D eigenvalue weighted by atomic mass is 10.2. The molecule has 1 amide bonds. The number of methoxy groups -OCH3 is 4. The topological polar surface area (TPSA) is 109 Å². The zero-order valence-electron chi connectivity index (χ0n) is 21.7. The van der Waals surface area contributed by atoms with Gasteiger partial charge in [0.1, 0.15) is 5.75 Å². The summed E-state index contributed by atoms with van der Waals surface area (Å²) in [5.74, 6) is 2.51. The fourth-order valence-corrected chi connectivity index (χ4v) is 4.50. The van der Waals surface area contributed by atoms with Gasteiger partial charge in [-0.25, -0.2) is 5.43 Å². The lowest BCUT2D eigenvalue weighted by Crippen LogP contribution is -2.20. The molecule has 1 heterocycles. The van der Waals surface area contributed by atoms with Crippen molar-refractivity contribution in [1.29, 1.82) is 0 Å². The highest BCUT2D eigenvalue weighted by molar-refractivity contribution is 7.99. The van der Waals surface area contributed by atoms with Crippen LogP contribution in [0.25, 0.3) is 17.1 Å². The molecule has 0 unspecified atom stereocenters. The summed E-state index contributed by atoms with van der Waals surface area (Å²) in [6.45, 7) is 0. The van der Waals surface area contributed by atoms with Crippen LogP contribution in [-0.2, 0) is 4.79 Å². The number of aromatic nitrogens is 3. The molecule has 0 atom stereocenters. The van der Waals surface area contributed by atoms with Crippen molar-refractivity contribution in [3.8, 4) is 40.1 Å². The molecular weight excluding hydrogens is 542 g/mol. The third-order valence-electron chi connectivity index (χ3n) is 5.49. The normalized spacial score (nSPS) is 10.9. The molecule has 3 aromatic carbocycles. The molecule has 0 spiro atoms. The molecule has 10 nitrogen and oxygen atoms in total. The minimum absolute atomic E-state index is 0.0565. The zero-order valence-corrected chi connectivity index (χ0v) is 23.2. The summed E-state index contributed by atoms with van der Waals surface area (Å²) in [7, 11) is 6.19. The maximum absolute atomic E-state index is 12.6. The highest BCUT2D eigenvalue weighted by atomic mass is 35.5. The van der Waals surface area contributed by atoms with Gasteiger partial charge in [-0.05, 0) is 60.7 Å². The molecule has 0 saturated carbocycles. The van der Waals surface area contributed by atoms with E-state index in [1.165, 1.54) is 39.3 Å². The van der Waals surface area contributed by atoms with E-state index in [1.54, 1.807) is 31.4 Å². The van der Waals surface area contributed by atoms with Crippen LogP contribution in [0.1, 0.15) is 5.56 Å². The number of hydrazone groups is 1. The fraction of sp³-hybridized carbons (Fsp3) is 0.185. The minimum atomic E-state index is -0.319. The molecule has 0 radical (unpaired) electrons. The van der Waals surface area contributed by atoms with E-state index < -0.39 is 0 Å². The highest BCUT2D eigenvalue weighted by Gasteiger charge is 2.18. The Bertz CT molecular complexity index is 1430. The van der Waals surface area contributed by atoms with Gasteiger partial charge in [-0.2, -0.15) is 5.10 Å². The summed E-state index contributed by atoms with van der Waals surface area (Å²) in [6.07, 6.45) is 1.49. The van der Waals surface area contributed by atoms with Crippen LogP contribution in [0.3, 0.4) is 0 Å². The van der Waals surface area contributed by atoms with Gasteiger partial charge >= 0.3 is 0 Å². The third kappa shape index (κ3) is 6.62. The van der Waals surface area contributed by atoms with E-state index in [-0.39, 0.29) is 11.7 Å². The van der Waals surface area contributed by atoms with Gasteiger partial charge < -0.3 is 18.9 Å². The number of ether oxygens (including phenoxy) is 4. The lowest BCUT2D eigenvalue weighted by molar-refractivity contribution is -0.118. The summed E-state index contributed by atoms with van der Waals surface area (Å²) in [4.78, 5) is 12.6. The molecule has 202 valence electrons. The first-order valence-electron chi connectivity index (χ1n) is 11.6. The smallest absolute Gasteiger partial charge is 0.250 e. The van der Waals surface area contributed by atoms with E-state index in [2.05, 4.69) is 20.7 Å². The highest BCUT2D eigenvalue weighted by Crippen LogP contribution is 2.37. The molecule has 1 aromatic heterocycles. The molecule has 0 aliphatic rings. The van der Waals surface area contributed by atoms with Crippen molar-refractivity contribution in [2.75, 3.05) is 34.2 Å². The van der Waals surface area contributed by atoms with Crippen LogP contribution in [0.5, 0.6) is 23.0 Å². The summed E-state index contributed by atoms with van der Waals surface area (Å²) in [5.41, 5.74) is 4.83. The van der Waals surface area contributed by atoms with Gasteiger partial charge in [0.2, 0.25) is 5.75 Å². The van der Waals surface area contributed by atoms with Crippen LogP contribution in [0.4, 0.5) is 0 Å². The van der Waals surface area contributed by atoms with Crippen LogP contribution in [-0.4, -0.2) is 61.1 Å². The Morgan fingerprint density at radius 2 is 1.62 bits per heavy atom. The molecule has 1 N–H and O–H groups in total. The number of carbonyl (C=O) groups is 1. The fourth-order valence-electron chi connectivity index (χ4n) is 3.63. The number of halogens is 1. The van der Waals surface area contributed by atoms with E-state index in [4.69, 9.17) is 30.5 Å². The van der Waals surface area contributed by atoms with Gasteiger partial charge in [-0.1, -0.05) is 23.4 Å². The molecule has 0 saturated heterocycles. The second-order valence-electron chi connectivity index (χ2n) is 7.89. The van der Waals surface area contributed by atoms with Crippen molar-refractivity contribution in [3.63, 3.8) is 0 Å². The van der Waals surface area contributed by atoms with Crippen LogP contribution in [0, 0.1) is 0 Å². The van der Waals surface area contributed by atoms with Crippen molar-refractivity contribution in [2.24, 2.45) is 5.10 Å². The van der Waals surface area contributed by atoms with E-state index in [0.29, 0.717) is 38.8 Å². The quantitative estimate of drug-likeness (QED) is 0.155. The standard InChI is InChI=1S/C27H26ClN5O5S/c1-35-21-11-5-18(6-12-21)26-31-32-27(33(26)20-9-7-19(28)8-10-20)39-16-24(34)30-29-15-17-13-22(36-2)25(38-4)23(14-17)37-3/h5-15H,16H2,1-4H3,(H,30,34). The summed E-state index contributed by atoms with van der Waals surface area (Å²) < 4.78 is 23.2. The van der Waals surface area contributed by atoms with E-state index in [1.807, 2.05) is 41.0 Å². The average Bonchev–Trinajstić information content (AvgIpc) is 3.39. The van der Waals surface area contributed by atoms with Gasteiger partial charge in [0.25, 0.3) is 5.91 Å². The molecule has 0 aliphatic carbocycles. The maximum atomic E-state index is 12.6. The Kier molecular flexibility index (Phi) is 9.29. The van der Waals surface area contributed by atoms with Crippen molar-refractivity contribution in [2.45, 2.75) is 5.16 Å². The summed E-state index contributed by atoms with van der Waals surface area (Å²) in [6, 6.07) is 18.2. The summed E-state index contributed by atoms with van der Waals surface area (Å²) in [5, 5.41) is 13.9. The molecule has 0 bridgehead atoms. The molecule has 0 aliphatic heterocycles. The van der Waals surface area contributed by atoms with Gasteiger partial charge in [0, 0.05) is 21.8 Å². The van der Waals surface area contributed by atoms with Crippen molar-refractivity contribution in [1.82, 2.24) is 20.2 Å². The number of carbonyl (C=O) groups excluding carboxylic acids is 1. The van der Waals surface area contributed by atoms with E-state index in [0.717, 1.165) is 17.0 Å². The number of rotatable bonds is 11. The Labute approximate surface area is 234 Å². The van der Waals surface area contributed by atoms with Crippen LogP contribution >= 0.6 is 23.4 Å². The number of nitrogens with zero attached hydrogens (tertiary/aromatic N) is 4. The van der Waals surface area contributed by atoms with Gasteiger partial charge in [-0.3, -0.25) is 9.36 Å². The van der Waals surface area contributed by atoms with Crippen LogP contribution < -0.4 is 24.4 Å². The Morgan fingerprint density at radius 3 is 2.21 bits per heavy atom. The third-order valence-corrected chi connectivity index (χ3v) is 6.67. The first kappa shape index (κ1) is 27.8. The lowest BCUT2D eigenvalue weighted by Gasteiger charge is -2.12. The number of nitrogens with one attached hydrogen (secondary N) is 1. The molecule has 4 rings (SSSR count). The number of thioether (sulfide) groups is 1. The van der Waals surface area contributed by atoms with Crippen molar-refractivity contribution in [3.05, 3.63) is 71.2 Å². The van der Waals surface area contributed by atoms with E-state index in [9.17, 15) is 4.79 Å². The van der Waals surface area contributed by atoms with Crippen molar-refractivity contribution >= 4 is 35.5 Å². The summed E-state index contributed by atoms with van der Waals surface area (Å²) >= 11 is 7.33. The van der Waals surface area contributed by atoms with Crippen molar-refractivity contribution < 1.29 is 23.7 Å². The number of hydrogen-bond donors (Lipinski definition) is 1. The molecular formula is C27H26ClN5O5S. The Morgan fingerprint density at radius 1 is 0.949 bits per heavy atom. The Balaban J connectivity index is 1.50. The number of hydrogen-bond acceptors (Lipinski definition) is 9. The monoisotopic (exact) mass is 567 g/mol. The average molecular weight is 568 g/mol. The minimum Gasteiger partial charge on any atom is -0.497 e. The Hall–Kier alpha value is -4.22. The maximum Gasteiger partial charge on any atom is 0.250 e. The number of amides is 1. The SMILES string of the molecule is COc1ccc(-c2nnc(SCC(=O)NN=Cc3cc(OC)c(OC)c(OC)c3)n2-c2ccc(Cl)cc2)cc1. The first-order chi connectivity index (χ1) is 19.0. The second kappa shape index (κ2) is 13.0. The predicted octanol–water partition coefficient (Wildman–Crippen LogP) is 4.86. The van der Waals surface area contributed by atoms with Gasteiger partial charge in [0.15, 0.2) is 22.5 Å². The number of benzene rings is 3. The largest absolute Gasteiger partial charge is 0.497 e.